The molecule has 0 bridgehead atoms. The highest BCUT2D eigenvalue weighted by molar-refractivity contribution is 5.78. The van der Waals surface area contributed by atoms with Gasteiger partial charge in [0.1, 0.15) is 5.36 Å². The van der Waals surface area contributed by atoms with E-state index in [1.165, 1.54) is 24.8 Å². The number of benzene rings is 1. The Hall–Kier alpha value is -1.71. The van der Waals surface area contributed by atoms with Gasteiger partial charge in [-0.2, -0.15) is 9.98 Å². The summed E-state index contributed by atoms with van der Waals surface area (Å²) < 4.78 is 0. The van der Waals surface area contributed by atoms with Crippen LogP contribution in [0.4, 0.5) is 10.5 Å². The van der Waals surface area contributed by atoms with Crippen LogP contribution in [0.5, 0.6) is 0 Å². The highest BCUT2D eigenvalue weighted by atomic mass is 16.2. The molecule has 4 nitrogen and oxygen atoms in total. The number of fused-ring (bicyclic) bond motifs is 1. The Morgan fingerprint density at radius 1 is 1.12 bits per heavy atom. The second kappa shape index (κ2) is 3.95. The molecule has 4 heteroatoms. The third kappa shape index (κ3) is 1.73. The van der Waals surface area contributed by atoms with Gasteiger partial charge >= 0.3 is 6.03 Å². The first-order valence-corrected chi connectivity index (χ1v) is 6.12. The molecule has 0 radical (unpaired) electrons. The van der Waals surface area contributed by atoms with Crippen molar-refractivity contribution in [3.05, 3.63) is 28.4 Å². The first kappa shape index (κ1) is 10.4. The van der Waals surface area contributed by atoms with Gasteiger partial charge in [-0.1, -0.05) is 6.07 Å². The van der Waals surface area contributed by atoms with Crippen LogP contribution in [0.15, 0.2) is 22.1 Å². The fourth-order valence-corrected chi connectivity index (χ4v) is 2.61. The van der Waals surface area contributed by atoms with Crippen molar-refractivity contribution in [3.8, 4) is 0 Å². The van der Waals surface area contributed by atoms with E-state index in [-0.39, 0.29) is 6.03 Å². The lowest BCUT2D eigenvalue weighted by molar-refractivity contribution is 0.256. The number of amides is 2. The fourth-order valence-electron chi connectivity index (χ4n) is 2.61. The molecule has 0 unspecified atom stereocenters. The summed E-state index contributed by atoms with van der Waals surface area (Å²) in [7, 11) is 0. The molecule has 2 amide bonds. The smallest absolute Gasteiger partial charge is 0.368 e. The molecule has 17 heavy (non-hydrogen) atoms. The van der Waals surface area contributed by atoms with Crippen molar-refractivity contribution in [3.63, 3.8) is 0 Å². The van der Waals surface area contributed by atoms with Gasteiger partial charge in [0.05, 0.1) is 11.0 Å². The van der Waals surface area contributed by atoms with E-state index in [9.17, 15) is 4.79 Å². The number of aryl methyl sites for hydroxylation is 1. The first-order chi connectivity index (χ1) is 8.25. The van der Waals surface area contributed by atoms with Gasteiger partial charge < -0.3 is 4.90 Å². The number of hydrogen-bond donors (Lipinski definition) is 0. The Bertz CT molecular complexity index is 585. The number of carbonyl (C=O) groups is 1. The van der Waals surface area contributed by atoms with E-state index in [0.29, 0.717) is 0 Å². The molecular weight excluding hydrogens is 214 g/mol. The molecule has 88 valence electrons. The van der Waals surface area contributed by atoms with Gasteiger partial charge in [-0.05, 0) is 37.8 Å². The highest BCUT2D eigenvalue weighted by Gasteiger charge is 2.18. The van der Waals surface area contributed by atoms with Gasteiger partial charge in [0, 0.05) is 13.1 Å². The predicted molar refractivity (Wildman–Crippen MR) is 65.0 cm³/mol. The standard InChI is InChI=1S/C13H15N3O/c1-9-5-6-10-11(15-13(17)14-10)12(9)16-7-3-2-4-8-16/h5-6H,2-4,7-8H2,1H3. The maximum Gasteiger partial charge on any atom is 0.368 e. The molecule has 1 aromatic rings. The molecule has 0 aromatic heterocycles. The number of carbonyl (C=O) groups excluding carboxylic acids is 1. The molecule has 1 saturated heterocycles. The number of urea groups is 1. The van der Waals surface area contributed by atoms with Gasteiger partial charge in [-0.25, -0.2) is 4.79 Å². The van der Waals surface area contributed by atoms with Crippen LogP contribution in [0.3, 0.4) is 0 Å². The van der Waals surface area contributed by atoms with E-state index in [4.69, 9.17) is 0 Å². The van der Waals surface area contributed by atoms with Gasteiger partial charge in [-0.3, -0.25) is 0 Å². The molecule has 3 rings (SSSR count). The zero-order valence-corrected chi connectivity index (χ0v) is 9.94. The van der Waals surface area contributed by atoms with Crippen molar-refractivity contribution in [2.45, 2.75) is 26.2 Å². The number of nitrogens with zero attached hydrogens (tertiary/aromatic N) is 3. The van der Waals surface area contributed by atoms with Crippen molar-refractivity contribution < 1.29 is 4.79 Å². The van der Waals surface area contributed by atoms with E-state index in [2.05, 4.69) is 21.8 Å². The molecule has 2 aliphatic rings. The summed E-state index contributed by atoms with van der Waals surface area (Å²) in [4.78, 5) is 21.6. The van der Waals surface area contributed by atoms with E-state index in [1.54, 1.807) is 0 Å². The summed E-state index contributed by atoms with van der Waals surface area (Å²) in [6.45, 7) is 4.19. The molecule has 0 atom stereocenters. The number of piperidine rings is 1. The minimum absolute atomic E-state index is 0.371. The fraction of sp³-hybridized carbons (Fsp3) is 0.462. The summed E-state index contributed by atoms with van der Waals surface area (Å²) in [6.07, 6.45) is 3.73. The van der Waals surface area contributed by atoms with Crippen LogP contribution in [0.1, 0.15) is 24.8 Å². The Morgan fingerprint density at radius 2 is 1.88 bits per heavy atom. The second-order valence-corrected chi connectivity index (χ2v) is 4.65. The summed E-state index contributed by atoms with van der Waals surface area (Å²) in [5, 5.41) is 1.50. The maximum atomic E-state index is 11.3. The van der Waals surface area contributed by atoms with Crippen molar-refractivity contribution in [2.24, 2.45) is 9.98 Å². The molecular formula is C13H15N3O. The monoisotopic (exact) mass is 229 g/mol. The van der Waals surface area contributed by atoms with E-state index in [0.717, 1.165) is 29.5 Å². The molecule has 1 fully saturated rings. The van der Waals surface area contributed by atoms with E-state index in [1.807, 2.05) is 12.1 Å². The topological polar surface area (TPSA) is 45.0 Å². The molecule has 0 N–H and O–H groups in total. The molecule has 2 heterocycles. The normalized spacial score (nSPS) is 18.6. The highest BCUT2D eigenvalue weighted by Crippen LogP contribution is 2.19. The van der Waals surface area contributed by atoms with Crippen LogP contribution in [-0.2, 0) is 0 Å². The molecule has 0 saturated carbocycles. The van der Waals surface area contributed by atoms with Gasteiger partial charge in [0.2, 0.25) is 0 Å². The zero-order chi connectivity index (χ0) is 11.8. The summed E-state index contributed by atoms with van der Waals surface area (Å²) >= 11 is 0. The largest absolute Gasteiger partial charge is 0.370 e. The van der Waals surface area contributed by atoms with Gasteiger partial charge in [-0.15, -0.1) is 0 Å². The van der Waals surface area contributed by atoms with Crippen LogP contribution in [0.2, 0.25) is 0 Å². The molecule has 0 aliphatic carbocycles. The average molecular weight is 229 g/mol. The van der Waals surface area contributed by atoms with Crippen molar-refractivity contribution in [2.75, 3.05) is 18.0 Å². The molecule has 1 aromatic carbocycles. The van der Waals surface area contributed by atoms with Crippen LogP contribution < -0.4 is 15.6 Å². The Labute approximate surface area is 99.7 Å². The average Bonchev–Trinajstić information content (AvgIpc) is 2.70. The molecule has 2 aliphatic heterocycles. The molecule has 0 spiro atoms. The quantitative estimate of drug-likeness (QED) is 0.730. The summed E-state index contributed by atoms with van der Waals surface area (Å²) in [6, 6.07) is 3.54. The minimum Gasteiger partial charge on any atom is -0.370 e. The lowest BCUT2D eigenvalue weighted by Gasteiger charge is -2.29. The van der Waals surface area contributed by atoms with E-state index >= 15 is 0 Å². The number of anilines is 1. The minimum atomic E-state index is -0.371. The first-order valence-electron chi connectivity index (χ1n) is 6.12. The predicted octanol–water partition coefficient (Wildman–Crippen LogP) is 1.36. The van der Waals surface area contributed by atoms with Gasteiger partial charge in [0.25, 0.3) is 0 Å². The Kier molecular flexibility index (Phi) is 2.42. The van der Waals surface area contributed by atoms with Crippen molar-refractivity contribution >= 4 is 11.7 Å². The SMILES string of the molecule is Cc1ccc2c(c1N1CCCCC1)=NC(=O)N=2. The summed E-state index contributed by atoms with van der Waals surface area (Å²) in [5.41, 5.74) is 2.29. The lowest BCUT2D eigenvalue weighted by atomic mass is 10.1. The van der Waals surface area contributed by atoms with Crippen molar-refractivity contribution in [1.29, 1.82) is 0 Å². The van der Waals surface area contributed by atoms with Crippen LogP contribution in [0, 0.1) is 6.92 Å². The lowest BCUT2D eigenvalue weighted by Crippen LogP contribution is -2.37. The van der Waals surface area contributed by atoms with Crippen molar-refractivity contribution in [1.82, 2.24) is 0 Å². The van der Waals surface area contributed by atoms with Gasteiger partial charge in [0.15, 0.2) is 0 Å². The Morgan fingerprint density at radius 3 is 2.65 bits per heavy atom. The second-order valence-electron chi connectivity index (χ2n) is 4.65. The number of hydrogen-bond acceptors (Lipinski definition) is 2. The maximum absolute atomic E-state index is 11.3. The van der Waals surface area contributed by atoms with Crippen LogP contribution >= 0.6 is 0 Å². The van der Waals surface area contributed by atoms with E-state index < -0.39 is 0 Å². The Balaban J connectivity index is 2.17. The zero-order valence-electron chi connectivity index (χ0n) is 9.94. The van der Waals surface area contributed by atoms with Crippen LogP contribution in [-0.4, -0.2) is 19.1 Å². The third-order valence-electron chi connectivity index (χ3n) is 3.43. The number of rotatable bonds is 1. The third-order valence-corrected chi connectivity index (χ3v) is 3.43. The van der Waals surface area contributed by atoms with Crippen LogP contribution in [0.25, 0.3) is 0 Å². The summed E-state index contributed by atoms with van der Waals surface area (Å²) in [5.74, 6) is 0.